The number of fused-ring (bicyclic) bond motifs is 1. The Morgan fingerprint density at radius 1 is 1.21 bits per heavy atom. The highest BCUT2D eigenvalue weighted by Gasteiger charge is 2.27. The van der Waals surface area contributed by atoms with Crippen molar-refractivity contribution in [3.63, 3.8) is 0 Å². The predicted molar refractivity (Wildman–Crippen MR) is 118 cm³/mol. The summed E-state index contributed by atoms with van der Waals surface area (Å²) in [4.78, 5) is 33.7. The highest BCUT2D eigenvalue weighted by molar-refractivity contribution is 7.20. The first-order chi connectivity index (χ1) is 14.1. The van der Waals surface area contributed by atoms with Gasteiger partial charge in [0.15, 0.2) is 0 Å². The van der Waals surface area contributed by atoms with E-state index < -0.39 is 0 Å². The van der Waals surface area contributed by atoms with Gasteiger partial charge in [-0.2, -0.15) is 0 Å². The minimum Gasteiger partial charge on any atom is -0.338 e. The first-order valence-corrected chi connectivity index (χ1v) is 11.2. The summed E-state index contributed by atoms with van der Waals surface area (Å²) >= 11 is 1.35. The van der Waals surface area contributed by atoms with Crippen LogP contribution in [0.2, 0.25) is 0 Å². The van der Waals surface area contributed by atoms with Crippen molar-refractivity contribution in [2.75, 3.05) is 13.1 Å². The molecule has 0 saturated carbocycles. The Balaban J connectivity index is 1.49. The number of hydrogen-bond acceptors (Lipinski definition) is 4. The van der Waals surface area contributed by atoms with Crippen molar-refractivity contribution in [3.05, 3.63) is 63.0 Å². The van der Waals surface area contributed by atoms with Crippen LogP contribution < -0.4 is 5.56 Å². The molecule has 0 atom stereocenters. The zero-order valence-electron chi connectivity index (χ0n) is 17.1. The van der Waals surface area contributed by atoms with E-state index in [9.17, 15) is 9.59 Å². The molecular formula is C23H27N3O2S. The van der Waals surface area contributed by atoms with E-state index in [4.69, 9.17) is 0 Å². The van der Waals surface area contributed by atoms with Gasteiger partial charge in [-0.25, -0.2) is 4.98 Å². The van der Waals surface area contributed by atoms with Gasteiger partial charge in [-0.3, -0.25) is 14.2 Å². The fourth-order valence-electron chi connectivity index (χ4n) is 4.19. The first-order valence-electron chi connectivity index (χ1n) is 10.4. The summed E-state index contributed by atoms with van der Waals surface area (Å²) in [6, 6.07) is 10.6. The zero-order chi connectivity index (χ0) is 20.4. The Morgan fingerprint density at radius 3 is 2.62 bits per heavy atom. The molecule has 29 heavy (non-hydrogen) atoms. The molecule has 0 aliphatic carbocycles. The average molecular weight is 410 g/mol. The number of benzene rings is 1. The number of carbonyl (C=O) groups is 1. The lowest BCUT2D eigenvalue weighted by Crippen LogP contribution is -2.38. The Hall–Kier alpha value is -2.47. The van der Waals surface area contributed by atoms with Gasteiger partial charge in [-0.05, 0) is 49.7 Å². The van der Waals surface area contributed by atoms with Crippen LogP contribution in [0.25, 0.3) is 10.2 Å². The molecule has 0 spiro atoms. The third-order valence-electron chi connectivity index (χ3n) is 5.84. The molecule has 0 unspecified atom stereocenters. The van der Waals surface area contributed by atoms with Crippen LogP contribution in [0.15, 0.2) is 41.5 Å². The Morgan fingerprint density at radius 2 is 1.93 bits per heavy atom. The highest BCUT2D eigenvalue weighted by Crippen LogP contribution is 2.30. The van der Waals surface area contributed by atoms with E-state index in [-0.39, 0.29) is 11.5 Å². The molecule has 1 amide bonds. The molecule has 3 heterocycles. The van der Waals surface area contributed by atoms with Gasteiger partial charge in [-0.15, -0.1) is 11.3 Å². The Bertz CT molecular complexity index is 1060. The van der Waals surface area contributed by atoms with Gasteiger partial charge >= 0.3 is 0 Å². The number of carbonyl (C=O) groups excluding carboxylic acids is 1. The number of piperidine rings is 1. The van der Waals surface area contributed by atoms with E-state index in [1.807, 2.05) is 24.8 Å². The fraction of sp³-hybridized carbons (Fsp3) is 0.435. The molecule has 5 nitrogen and oxygen atoms in total. The minimum absolute atomic E-state index is 0.0359. The standard InChI is InChI=1S/C23H27N3O2S/c1-3-11-26-15-24-21-19(22(26)27)16(2)20(29-21)23(28)25-12-9-18(10-13-25)14-17-7-5-4-6-8-17/h4-8,15,18H,3,9-14H2,1-2H3. The van der Waals surface area contributed by atoms with Crippen molar-refractivity contribution in [1.82, 2.24) is 14.5 Å². The van der Waals surface area contributed by atoms with E-state index in [2.05, 4.69) is 29.2 Å². The molecule has 1 fully saturated rings. The van der Waals surface area contributed by atoms with Crippen molar-refractivity contribution in [2.45, 2.75) is 46.1 Å². The summed E-state index contributed by atoms with van der Waals surface area (Å²) in [5, 5.41) is 0.605. The summed E-state index contributed by atoms with van der Waals surface area (Å²) in [6.07, 6.45) is 5.59. The topological polar surface area (TPSA) is 55.2 Å². The van der Waals surface area contributed by atoms with E-state index in [1.54, 1.807) is 10.9 Å². The molecule has 0 radical (unpaired) electrons. The van der Waals surface area contributed by atoms with Gasteiger partial charge in [0.05, 0.1) is 16.6 Å². The fourth-order valence-corrected chi connectivity index (χ4v) is 5.30. The maximum Gasteiger partial charge on any atom is 0.264 e. The number of aromatic nitrogens is 2. The van der Waals surface area contributed by atoms with E-state index >= 15 is 0 Å². The largest absolute Gasteiger partial charge is 0.338 e. The van der Waals surface area contributed by atoms with E-state index in [0.29, 0.717) is 27.6 Å². The molecule has 2 aromatic heterocycles. The number of likely N-dealkylation sites (tertiary alicyclic amines) is 1. The van der Waals surface area contributed by atoms with Crippen molar-refractivity contribution < 1.29 is 4.79 Å². The molecule has 3 aromatic rings. The Labute approximate surface area is 175 Å². The van der Waals surface area contributed by atoms with Crippen molar-refractivity contribution in [3.8, 4) is 0 Å². The molecule has 1 saturated heterocycles. The van der Waals surface area contributed by atoms with Crippen LogP contribution in [0.1, 0.15) is 47.0 Å². The van der Waals surface area contributed by atoms with Crippen LogP contribution in [-0.4, -0.2) is 33.4 Å². The molecule has 0 N–H and O–H groups in total. The zero-order valence-corrected chi connectivity index (χ0v) is 17.9. The molecule has 152 valence electrons. The minimum atomic E-state index is -0.0359. The summed E-state index contributed by atoms with van der Waals surface area (Å²) in [6.45, 7) is 6.12. The number of hydrogen-bond donors (Lipinski definition) is 0. The van der Waals surface area contributed by atoms with Gasteiger partial charge in [0.2, 0.25) is 0 Å². The predicted octanol–water partition coefficient (Wildman–Crippen LogP) is 4.27. The molecule has 1 aliphatic rings. The third kappa shape index (κ3) is 3.99. The second kappa shape index (κ2) is 8.49. The summed E-state index contributed by atoms with van der Waals surface area (Å²) in [5.41, 5.74) is 2.11. The molecular weight excluding hydrogens is 382 g/mol. The number of amides is 1. The highest BCUT2D eigenvalue weighted by atomic mass is 32.1. The first kappa shape index (κ1) is 19.8. The van der Waals surface area contributed by atoms with Crippen LogP contribution in [0.3, 0.4) is 0 Å². The van der Waals surface area contributed by atoms with Crippen LogP contribution in [0.4, 0.5) is 0 Å². The summed E-state index contributed by atoms with van der Waals surface area (Å²) < 4.78 is 1.64. The lowest BCUT2D eigenvalue weighted by Gasteiger charge is -2.32. The van der Waals surface area contributed by atoms with E-state index in [0.717, 1.165) is 44.3 Å². The monoisotopic (exact) mass is 409 g/mol. The second-order valence-electron chi connectivity index (χ2n) is 7.90. The lowest BCUT2D eigenvalue weighted by molar-refractivity contribution is 0.0695. The summed E-state index contributed by atoms with van der Waals surface area (Å²) in [5.74, 6) is 0.665. The van der Waals surface area contributed by atoms with Crippen molar-refractivity contribution >= 4 is 27.5 Å². The smallest absolute Gasteiger partial charge is 0.264 e. The van der Waals surface area contributed by atoms with Gasteiger partial charge < -0.3 is 4.90 Å². The maximum absolute atomic E-state index is 13.2. The molecule has 1 aliphatic heterocycles. The van der Waals surface area contributed by atoms with Gasteiger partial charge in [0, 0.05) is 19.6 Å². The van der Waals surface area contributed by atoms with Crippen molar-refractivity contribution in [2.24, 2.45) is 5.92 Å². The molecule has 0 bridgehead atoms. The normalized spacial score (nSPS) is 15.2. The third-order valence-corrected chi connectivity index (χ3v) is 7.03. The lowest BCUT2D eigenvalue weighted by atomic mass is 9.90. The van der Waals surface area contributed by atoms with Crippen LogP contribution in [-0.2, 0) is 13.0 Å². The van der Waals surface area contributed by atoms with E-state index in [1.165, 1.54) is 16.9 Å². The molecule has 6 heteroatoms. The number of rotatable bonds is 5. The van der Waals surface area contributed by atoms with Crippen LogP contribution in [0.5, 0.6) is 0 Å². The number of aryl methyl sites for hydroxylation is 2. The van der Waals surface area contributed by atoms with Gasteiger partial charge in [0.1, 0.15) is 4.83 Å². The number of nitrogens with zero attached hydrogens (tertiary/aromatic N) is 3. The second-order valence-corrected chi connectivity index (χ2v) is 8.90. The van der Waals surface area contributed by atoms with Crippen LogP contribution in [0, 0.1) is 12.8 Å². The molecule has 1 aromatic carbocycles. The summed E-state index contributed by atoms with van der Waals surface area (Å²) in [7, 11) is 0. The van der Waals surface area contributed by atoms with Gasteiger partial charge in [0.25, 0.3) is 11.5 Å². The quantitative estimate of drug-likeness (QED) is 0.632. The Kier molecular flexibility index (Phi) is 5.81. The van der Waals surface area contributed by atoms with Gasteiger partial charge in [-0.1, -0.05) is 37.3 Å². The van der Waals surface area contributed by atoms with Crippen molar-refractivity contribution in [1.29, 1.82) is 0 Å². The average Bonchev–Trinajstić information content (AvgIpc) is 3.08. The van der Waals surface area contributed by atoms with Crippen LogP contribution >= 0.6 is 11.3 Å². The SMILES string of the molecule is CCCn1cnc2sc(C(=O)N3CCC(Cc4ccccc4)CC3)c(C)c2c1=O. The number of thiophene rings is 1. The molecule has 4 rings (SSSR count). The maximum atomic E-state index is 13.2.